The Hall–Kier alpha value is -2.03. The smallest absolute Gasteiger partial charge is 0.295 e. The van der Waals surface area contributed by atoms with Crippen LogP contribution < -0.4 is 5.32 Å². The van der Waals surface area contributed by atoms with Gasteiger partial charge in [-0.25, -0.2) is 9.37 Å². The highest BCUT2D eigenvalue weighted by atomic mass is 79.9. The molecule has 0 unspecified atom stereocenters. The van der Waals surface area contributed by atoms with E-state index in [-0.39, 0.29) is 15.8 Å². The molecule has 0 aliphatic carbocycles. The van der Waals surface area contributed by atoms with Gasteiger partial charge >= 0.3 is 0 Å². The van der Waals surface area contributed by atoms with Gasteiger partial charge in [-0.05, 0) is 22.0 Å². The summed E-state index contributed by atoms with van der Waals surface area (Å²) < 4.78 is 13.4. The average Bonchev–Trinajstić information content (AvgIpc) is 2.86. The molecule has 1 heterocycles. The van der Waals surface area contributed by atoms with Crippen LogP contribution in [-0.2, 0) is 6.42 Å². The number of benzene rings is 1. The molecule has 0 bridgehead atoms. The lowest BCUT2D eigenvalue weighted by molar-refractivity contribution is -0.384. The monoisotopic (exact) mass is 329 g/mol. The van der Waals surface area contributed by atoms with E-state index in [1.54, 1.807) is 0 Å². The van der Waals surface area contributed by atoms with Crippen molar-refractivity contribution in [3.05, 3.63) is 44.7 Å². The zero-order valence-corrected chi connectivity index (χ0v) is 11.1. The fourth-order valence-corrected chi connectivity index (χ4v) is 1.84. The molecule has 19 heavy (non-hydrogen) atoms. The van der Waals surface area contributed by atoms with Crippen LogP contribution in [0.2, 0.25) is 0 Å². The summed E-state index contributed by atoms with van der Waals surface area (Å²) in [6.45, 7) is 0.411. The summed E-state index contributed by atoms with van der Waals surface area (Å²) in [7, 11) is 0. The number of nitro groups is 1. The van der Waals surface area contributed by atoms with Crippen molar-refractivity contribution in [2.45, 2.75) is 6.42 Å². The molecule has 2 N–H and O–H groups in total. The molecule has 100 valence electrons. The quantitative estimate of drug-likeness (QED) is 0.647. The predicted molar refractivity (Wildman–Crippen MR) is 69.3 cm³/mol. The van der Waals surface area contributed by atoms with E-state index in [1.807, 2.05) is 0 Å². The third-order valence-corrected chi connectivity index (χ3v) is 2.99. The second-order valence-electron chi connectivity index (χ2n) is 3.65. The van der Waals surface area contributed by atoms with Crippen molar-refractivity contribution < 1.29 is 9.31 Å². The second-order valence-corrected chi connectivity index (χ2v) is 4.50. The van der Waals surface area contributed by atoms with E-state index in [9.17, 15) is 14.5 Å². The Morgan fingerprint density at radius 1 is 1.53 bits per heavy atom. The van der Waals surface area contributed by atoms with Crippen molar-refractivity contribution in [1.82, 2.24) is 15.2 Å². The Labute approximate surface area is 115 Å². The molecular weight excluding hydrogens is 321 g/mol. The minimum atomic E-state index is -0.674. The topological polar surface area (TPSA) is 96.7 Å². The molecule has 0 saturated heterocycles. The SMILES string of the molecule is O=[N+]([O-])c1cc(F)c(Br)cc1NCCc1ncn[nH]1. The highest BCUT2D eigenvalue weighted by Crippen LogP contribution is 2.30. The van der Waals surface area contributed by atoms with Crippen LogP contribution in [0.1, 0.15) is 5.82 Å². The van der Waals surface area contributed by atoms with E-state index >= 15 is 0 Å². The second kappa shape index (κ2) is 5.74. The Morgan fingerprint density at radius 3 is 2.95 bits per heavy atom. The highest BCUT2D eigenvalue weighted by molar-refractivity contribution is 9.10. The number of nitrogens with zero attached hydrogens (tertiary/aromatic N) is 3. The Bertz CT molecular complexity index is 590. The minimum absolute atomic E-state index is 0.167. The van der Waals surface area contributed by atoms with Crippen molar-refractivity contribution in [3.63, 3.8) is 0 Å². The lowest BCUT2D eigenvalue weighted by Crippen LogP contribution is -2.08. The van der Waals surface area contributed by atoms with Crippen molar-refractivity contribution >= 4 is 27.3 Å². The maximum atomic E-state index is 13.3. The summed E-state index contributed by atoms with van der Waals surface area (Å²) in [5.74, 6) is -0.0104. The molecule has 2 rings (SSSR count). The van der Waals surface area contributed by atoms with E-state index in [1.165, 1.54) is 12.4 Å². The first-order chi connectivity index (χ1) is 9.08. The van der Waals surface area contributed by atoms with E-state index in [0.717, 1.165) is 6.07 Å². The number of H-pyrrole nitrogens is 1. The van der Waals surface area contributed by atoms with Crippen LogP contribution in [-0.4, -0.2) is 26.6 Å². The predicted octanol–water partition coefficient (Wildman–Crippen LogP) is 2.27. The minimum Gasteiger partial charge on any atom is -0.379 e. The van der Waals surface area contributed by atoms with Crippen LogP contribution in [0.25, 0.3) is 0 Å². The third-order valence-electron chi connectivity index (χ3n) is 2.38. The van der Waals surface area contributed by atoms with Crippen molar-refractivity contribution in [2.75, 3.05) is 11.9 Å². The number of hydrogen-bond acceptors (Lipinski definition) is 5. The van der Waals surface area contributed by atoms with Gasteiger partial charge in [-0.2, -0.15) is 5.10 Å². The first kappa shape index (κ1) is 13.4. The van der Waals surface area contributed by atoms with Crippen LogP contribution in [0.5, 0.6) is 0 Å². The number of aromatic nitrogens is 3. The molecule has 0 fully saturated rings. The van der Waals surface area contributed by atoms with Gasteiger partial charge in [0.1, 0.15) is 23.7 Å². The fourth-order valence-electron chi connectivity index (χ4n) is 1.50. The van der Waals surface area contributed by atoms with Gasteiger partial charge in [-0.3, -0.25) is 15.2 Å². The number of aromatic amines is 1. The van der Waals surface area contributed by atoms with E-state index in [2.05, 4.69) is 36.4 Å². The van der Waals surface area contributed by atoms with Gasteiger partial charge < -0.3 is 5.32 Å². The fraction of sp³-hybridized carbons (Fsp3) is 0.200. The van der Waals surface area contributed by atoms with E-state index < -0.39 is 10.7 Å². The standard InChI is InChI=1S/C10H9BrFN5O2/c11-6-3-8(9(17(18)19)4-7(6)12)13-2-1-10-14-5-15-16-10/h3-5,13H,1-2H2,(H,14,15,16). The van der Waals surface area contributed by atoms with Crippen molar-refractivity contribution in [2.24, 2.45) is 0 Å². The summed E-state index contributed by atoms with van der Waals surface area (Å²) in [6.07, 6.45) is 1.90. The van der Waals surface area contributed by atoms with Crippen LogP contribution in [0, 0.1) is 15.9 Å². The molecule has 0 spiro atoms. The van der Waals surface area contributed by atoms with Crippen LogP contribution in [0.3, 0.4) is 0 Å². The Morgan fingerprint density at radius 2 is 2.32 bits per heavy atom. The maximum Gasteiger partial charge on any atom is 0.295 e. The molecule has 0 aliphatic rings. The molecule has 2 aromatic rings. The highest BCUT2D eigenvalue weighted by Gasteiger charge is 2.17. The molecular formula is C10H9BrFN5O2. The normalized spacial score (nSPS) is 10.4. The summed E-state index contributed by atoms with van der Waals surface area (Å²) in [5.41, 5.74) is -0.0592. The molecule has 1 aromatic carbocycles. The first-order valence-electron chi connectivity index (χ1n) is 5.29. The summed E-state index contributed by atoms with van der Waals surface area (Å²) >= 11 is 2.99. The first-order valence-corrected chi connectivity index (χ1v) is 6.09. The maximum absolute atomic E-state index is 13.3. The average molecular weight is 330 g/mol. The van der Waals surface area contributed by atoms with Gasteiger partial charge in [0.2, 0.25) is 0 Å². The van der Waals surface area contributed by atoms with Gasteiger partial charge in [0.15, 0.2) is 0 Å². The summed E-state index contributed by atoms with van der Waals surface area (Å²) in [6, 6.07) is 2.22. The molecule has 0 saturated carbocycles. The van der Waals surface area contributed by atoms with Gasteiger partial charge in [0, 0.05) is 13.0 Å². The third kappa shape index (κ3) is 3.25. The summed E-state index contributed by atoms with van der Waals surface area (Å²) in [4.78, 5) is 14.1. The molecule has 0 atom stereocenters. The van der Waals surface area contributed by atoms with E-state index in [4.69, 9.17) is 0 Å². The number of halogens is 2. The molecule has 1 aromatic heterocycles. The van der Waals surface area contributed by atoms with E-state index in [0.29, 0.717) is 18.8 Å². The number of rotatable bonds is 5. The number of hydrogen-bond donors (Lipinski definition) is 2. The molecule has 7 nitrogen and oxygen atoms in total. The number of anilines is 1. The van der Waals surface area contributed by atoms with Gasteiger partial charge in [0.05, 0.1) is 15.5 Å². The summed E-state index contributed by atoms with van der Waals surface area (Å²) in [5, 5.41) is 20.1. The molecule has 0 radical (unpaired) electrons. The van der Waals surface area contributed by atoms with Crippen LogP contribution in [0.15, 0.2) is 22.9 Å². The van der Waals surface area contributed by atoms with Crippen molar-refractivity contribution in [1.29, 1.82) is 0 Å². The zero-order chi connectivity index (χ0) is 13.8. The van der Waals surface area contributed by atoms with Crippen LogP contribution in [0.4, 0.5) is 15.8 Å². The molecule has 0 amide bonds. The van der Waals surface area contributed by atoms with Gasteiger partial charge in [-0.1, -0.05) is 0 Å². The molecule has 9 heteroatoms. The van der Waals surface area contributed by atoms with Gasteiger partial charge in [0.25, 0.3) is 5.69 Å². The lowest BCUT2D eigenvalue weighted by Gasteiger charge is -2.07. The number of nitrogens with one attached hydrogen (secondary N) is 2. The largest absolute Gasteiger partial charge is 0.379 e. The lowest BCUT2D eigenvalue weighted by atomic mass is 10.2. The number of nitro benzene ring substituents is 1. The Balaban J connectivity index is 2.10. The Kier molecular flexibility index (Phi) is 4.05. The van der Waals surface area contributed by atoms with Crippen LogP contribution >= 0.6 is 15.9 Å². The zero-order valence-electron chi connectivity index (χ0n) is 9.56. The molecule has 0 aliphatic heterocycles. The van der Waals surface area contributed by atoms with Gasteiger partial charge in [-0.15, -0.1) is 0 Å². The van der Waals surface area contributed by atoms with Crippen molar-refractivity contribution in [3.8, 4) is 0 Å².